The number of para-hydroxylation sites is 1. The maximum absolute atomic E-state index is 5.96. The summed E-state index contributed by atoms with van der Waals surface area (Å²) in [4.78, 5) is 4.45. The van der Waals surface area contributed by atoms with Crippen LogP contribution in [0.25, 0.3) is 0 Å². The molecule has 0 saturated heterocycles. The van der Waals surface area contributed by atoms with Crippen LogP contribution in [-0.2, 0) is 6.61 Å². The van der Waals surface area contributed by atoms with Crippen LogP contribution in [0, 0.1) is 0 Å². The predicted molar refractivity (Wildman–Crippen MR) is 83.2 cm³/mol. The Balaban J connectivity index is 1.76. The molecule has 0 aliphatic carbocycles. The van der Waals surface area contributed by atoms with Crippen LogP contribution in [0.3, 0.4) is 0 Å². The first-order valence-corrected chi connectivity index (χ1v) is 7.00. The summed E-state index contributed by atoms with van der Waals surface area (Å²) in [5, 5.41) is 3.28. The number of nitrogens with zero attached hydrogens (tertiary/aromatic N) is 1. The molecule has 2 aromatic rings. The van der Waals surface area contributed by atoms with Crippen molar-refractivity contribution in [3.8, 4) is 11.5 Å². The van der Waals surface area contributed by atoms with Crippen molar-refractivity contribution in [2.24, 2.45) is 4.99 Å². The Morgan fingerprint density at radius 2 is 2.05 bits per heavy atom. The molecule has 1 N–H and O–H groups in total. The largest absolute Gasteiger partial charge is 0.497 e. The summed E-state index contributed by atoms with van der Waals surface area (Å²) >= 11 is 0. The van der Waals surface area contributed by atoms with E-state index in [1.165, 1.54) is 0 Å². The summed E-state index contributed by atoms with van der Waals surface area (Å²) in [7, 11) is 1.67. The highest BCUT2D eigenvalue weighted by Crippen LogP contribution is 2.21. The van der Waals surface area contributed by atoms with E-state index >= 15 is 0 Å². The Morgan fingerprint density at radius 1 is 1.14 bits per heavy atom. The van der Waals surface area contributed by atoms with Crippen LogP contribution < -0.4 is 14.8 Å². The van der Waals surface area contributed by atoms with E-state index in [1.807, 2.05) is 48.5 Å². The zero-order chi connectivity index (χ0) is 14.5. The monoisotopic (exact) mass is 282 g/mol. The Morgan fingerprint density at radius 3 is 2.86 bits per heavy atom. The maximum Gasteiger partial charge on any atom is 0.132 e. The molecule has 0 bridgehead atoms. The van der Waals surface area contributed by atoms with Crippen molar-refractivity contribution in [3.63, 3.8) is 0 Å². The van der Waals surface area contributed by atoms with Crippen molar-refractivity contribution in [1.82, 2.24) is 5.32 Å². The van der Waals surface area contributed by atoms with Crippen molar-refractivity contribution in [3.05, 3.63) is 59.7 Å². The van der Waals surface area contributed by atoms with Gasteiger partial charge in [0.1, 0.15) is 23.9 Å². The molecule has 21 heavy (non-hydrogen) atoms. The quantitative estimate of drug-likeness (QED) is 0.916. The molecule has 0 amide bonds. The average molecular weight is 282 g/mol. The molecule has 0 radical (unpaired) electrons. The number of hydrogen-bond acceptors (Lipinski definition) is 4. The minimum absolute atomic E-state index is 0.501. The normalized spacial score (nSPS) is 13.5. The Hall–Kier alpha value is -2.49. The second-order valence-electron chi connectivity index (χ2n) is 4.79. The van der Waals surface area contributed by atoms with E-state index in [9.17, 15) is 0 Å². The van der Waals surface area contributed by atoms with Crippen molar-refractivity contribution >= 4 is 5.84 Å². The van der Waals surface area contributed by atoms with E-state index in [1.54, 1.807) is 7.11 Å². The van der Waals surface area contributed by atoms with Crippen LogP contribution in [0.5, 0.6) is 11.5 Å². The number of methoxy groups -OCH3 is 1. The Kier molecular flexibility index (Phi) is 4.05. The second kappa shape index (κ2) is 6.31. The van der Waals surface area contributed by atoms with Gasteiger partial charge in [0.2, 0.25) is 0 Å². The fraction of sp³-hybridized carbons (Fsp3) is 0.235. The van der Waals surface area contributed by atoms with Crippen molar-refractivity contribution in [2.45, 2.75) is 6.61 Å². The zero-order valence-corrected chi connectivity index (χ0v) is 12.0. The number of nitrogens with one attached hydrogen (secondary N) is 1. The third-order valence-corrected chi connectivity index (χ3v) is 3.34. The number of amidine groups is 1. The van der Waals surface area contributed by atoms with E-state index in [4.69, 9.17) is 9.47 Å². The summed E-state index contributed by atoms with van der Waals surface area (Å²) < 4.78 is 11.2. The Bertz CT molecular complexity index is 653. The third-order valence-electron chi connectivity index (χ3n) is 3.34. The molecular formula is C17H18N2O2. The van der Waals surface area contributed by atoms with E-state index in [0.717, 1.165) is 41.6 Å². The SMILES string of the molecule is COc1cccc(COc2ccccc2C2=NCCN2)c1. The topological polar surface area (TPSA) is 42.9 Å². The van der Waals surface area contributed by atoms with Gasteiger partial charge >= 0.3 is 0 Å². The second-order valence-corrected chi connectivity index (χ2v) is 4.79. The molecule has 0 fully saturated rings. The van der Waals surface area contributed by atoms with Gasteiger partial charge in [-0.25, -0.2) is 0 Å². The van der Waals surface area contributed by atoms with Gasteiger partial charge in [-0.3, -0.25) is 4.99 Å². The van der Waals surface area contributed by atoms with Crippen LogP contribution in [0.4, 0.5) is 0 Å². The summed E-state index contributed by atoms with van der Waals surface area (Å²) in [6.45, 7) is 2.21. The lowest BCUT2D eigenvalue weighted by Crippen LogP contribution is -2.20. The molecular weight excluding hydrogens is 264 g/mol. The molecule has 0 saturated carbocycles. The highest BCUT2D eigenvalue weighted by molar-refractivity contribution is 6.02. The van der Waals surface area contributed by atoms with E-state index in [2.05, 4.69) is 10.3 Å². The summed E-state index contributed by atoms with van der Waals surface area (Å²) in [5.74, 6) is 2.59. The zero-order valence-electron chi connectivity index (χ0n) is 12.0. The minimum atomic E-state index is 0.501. The van der Waals surface area contributed by atoms with Gasteiger partial charge in [-0.05, 0) is 29.8 Å². The molecule has 1 aliphatic rings. The molecule has 2 aromatic carbocycles. The van der Waals surface area contributed by atoms with Crippen molar-refractivity contribution in [2.75, 3.05) is 20.2 Å². The van der Waals surface area contributed by atoms with E-state index in [0.29, 0.717) is 6.61 Å². The molecule has 4 nitrogen and oxygen atoms in total. The van der Waals surface area contributed by atoms with Crippen molar-refractivity contribution in [1.29, 1.82) is 0 Å². The first-order valence-electron chi connectivity index (χ1n) is 7.00. The van der Waals surface area contributed by atoms with Gasteiger partial charge in [0.25, 0.3) is 0 Å². The van der Waals surface area contributed by atoms with Crippen LogP contribution >= 0.6 is 0 Å². The standard InChI is InChI=1S/C17H18N2O2/c1-20-14-6-4-5-13(11-14)12-21-16-8-3-2-7-15(16)17-18-9-10-19-17/h2-8,11H,9-10,12H2,1H3,(H,18,19). The van der Waals surface area contributed by atoms with Crippen LogP contribution in [0.1, 0.15) is 11.1 Å². The highest BCUT2D eigenvalue weighted by atomic mass is 16.5. The predicted octanol–water partition coefficient (Wildman–Crippen LogP) is 2.62. The van der Waals surface area contributed by atoms with Gasteiger partial charge in [-0.15, -0.1) is 0 Å². The Labute approximate surface area is 124 Å². The van der Waals surface area contributed by atoms with Gasteiger partial charge in [0.05, 0.1) is 19.2 Å². The maximum atomic E-state index is 5.96. The molecule has 0 atom stereocenters. The fourth-order valence-electron chi connectivity index (χ4n) is 2.29. The average Bonchev–Trinajstić information content (AvgIpc) is 3.08. The molecule has 0 spiro atoms. The molecule has 1 heterocycles. The van der Waals surface area contributed by atoms with E-state index < -0.39 is 0 Å². The molecule has 0 aromatic heterocycles. The third kappa shape index (κ3) is 3.16. The molecule has 3 rings (SSSR count). The number of hydrogen-bond donors (Lipinski definition) is 1. The summed E-state index contributed by atoms with van der Waals surface area (Å²) in [6, 6.07) is 15.9. The van der Waals surface area contributed by atoms with Crippen LogP contribution in [0.15, 0.2) is 53.5 Å². The number of aliphatic imine (C=N–C) groups is 1. The molecule has 1 aliphatic heterocycles. The lowest BCUT2D eigenvalue weighted by atomic mass is 10.2. The molecule has 108 valence electrons. The first-order chi connectivity index (χ1) is 10.4. The van der Waals surface area contributed by atoms with E-state index in [-0.39, 0.29) is 0 Å². The minimum Gasteiger partial charge on any atom is -0.497 e. The lowest BCUT2D eigenvalue weighted by molar-refractivity contribution is 0.304. The van der Waals surface area contributed by atoms with Crippen LogP contribution in [-0.4, -0.2) is 26.0 Å². The first kappa shape index (κ1) is 13.5. The van der Waals surface area contributed by atoms with Gasteiger partial charge in [-0.1, -0.05) is 24.3 Å². The van der Waals surface area contributed by atoms with Gasteiger partial charge in [0.15, 0.2) is 0 Å². The van der Waals surface area contributed by atoms with Gasteiger partial charge in [0, 0.05) is 6.54 Å². The number of rotatable bonds is 5. The molecule has 4 heteroatoms. The van der Waals surface area contributed by atoms with Crippen molar-refractivity contribution < 1.29 is 9.47 Å². The highest BCUT2D eigenvalue weighted by Gasteiger charge is 2.13. The summed E-state index contributed by atoms with van der Waals surface area (Å²) in [5.41, 5.74) is 2.09. The fourth-order valence-corrected chi connectivity index (χ4v) is 2.29. The number of ether oxygens (including phenoxy) is 2. The smallest absolute Gasteiger partial charge is 0.132 e. The lowest BCUT2D eigenvalue weighted by Gasteiger charge is -2.12. The van der Waals surface area contributed by atoms with Gasteiger partial charge in [-0.2, -0.15) is 0 Å². The number of benzene rings is 2. The summed E-state index contributed by atoms with van der Waals surface area (Å²) in [6.07, 6.45) is 0. The van der Waals surface area contributed by atoms with Gasteiger partial charge < -0.3 is 14.8 Å². The van der Waals surface area contributed by atoms with Crippen LogP contribution in [0.2, 0.25) is 0 Å². The molecule has 0 unspecified atom stereocenters.